The first-order valence-electron chi connectivity index (χ1n) is 5.73. The second kappa shape index (κ2) is 6.71. The van der Waals surface area contributed by atoms with Gasteiger partial charge < -0.3 is 4.74 Å². The zero-order valence-electron chi connectivity index (χ0n) is 10.4. The van der Waals surface area contributed by atoms with Crippen LogP contribution in [0.4, 0.5) is 0 Å². The largest absolute Gasteiger partial charge is 0.496 e. The number of benzene rings is 1. The Morgan fingerprint density at radius 1 is 1.47 bits per heavy atom. The molecular weight excluding hydrogens is 324 g/mol. The fourth-order valence-electron chi connectivity index (χ4n) is 1.72. The molecule has 19 heavy (non-hydrogen) atoms. The lowest BCUT2D eigenvalue weighted by atomic mass is 10.1. The van der Waals surface area contributed by atoms with Gasteiger partial charge in [-0.25, -0.2) is 0 Å². The molecule has 98 valence electrons. The van der Waals surface area contributed by atoms with Crippen molar-refractivity contribution in [1.82, 2.24) is 5.32 Å². The number of thiophene rings is 1. The monoisotopic (exact) mass is 336 g/mol. The summed E-state index contributed by atoms with van der Waals surface area (Å²) in [7, 11) is 1.62. The molecule has 0 spiro atoms. The Balaban J connectivity index is 2.09. The Kier molecular flexibility index (Phi) is 4.97. The lowest BCUT2D eigenvalue weighted by molar-refractivity contribution is 0.412. The Morgan fingerprint density at radius 2 is 2.32 bits per heavy atom. The number of ether oxygens (including phenoxy) is 1. The second-order valence-corrected chi connectivity index (χ2v) is 5.80. The van der Waals surface area contributed by atoms with Crippen molar-refractivity contribution in [1.29, 1.82) is 5.26 Å². The fourth-order valence-corrected chi connectivity index (χ4v) is 2.93. The average molecular weight is 337 g/mol. The summed E-state index contributed by atoms with van der Waals surface area (Å²) < 4.78 is 6.04. The van der Waals surface area contributed by atoms with Crippen molar-refractivity contribution in [2.45, 2.75) is 12.6 Å². The van der Waals surface area contributed by atoms with E-state index in [1.165, 1.54) is 4.88 Å². The summed E-state index contributed by atoms with van der Waals surface area (Å²) >= 11 is 5.11. The number of nitrogens with zero attached hydrogens (tertiary/aromatic N) is 1. The zero-order valence-corrected chi connectivity index (χ0v) is 12.8. The van der Waals surface area contributed by atoms with Crippen LogP contribution in [0.3, 0.4) is 0 Å². The minimum Gasteiger partial charge on any atom is -0.496 e. The number of hydrogen-bond acceptors (Lipinski definition) is 4. The molecule has 0 saturated carbocycles. The minimum atomic E-state index is -0.329. The highest BCUT2D eigenvalue weighted by atomic mass is 79.9. The molecule has 1 N–H and O–H groups in total. The number of hydrogen-bond donors (Lipinski definition) is 1. The maximum atomic E-state index is 9.27. The molecule has 0 fully saturated rings. The van der Waals surface area contributed by atoms with Crippen LogP contribution in [0.2, 0.25) is 0 Å². The van der Waals surface area contributed by atoms with Crippen LogP contribution in [-0.4, -0.2) is 7.11 Å². The van der Waals surface area contributed by atoms with E-state index in [0.717, 1.165) is 15.8 Å². The molecule has 2 rings (SSSR count). The van der Waals surface area contributed by atoms with Crippen LogP contribution < -0.4 is 10.1 Å². The van der Waals surface area contributed by atoms with Crippen molar-refractivity contribution >= 4 is 27.3 Å². The van der Waals surface area contributed by atoms with Gasteiger partial charge in [-0.1, -0.05) is 12.1 Å². The first-order valence-corrected chi connectivity index (χ1v) is 7.40. The minimum absolute atomic E-state index is 0.329. The third-order valence-electron chi connectivity index (χ3n) is 2.70. The average Bonchev–Trinajstić information content (AvgIpc) is 2.93. The van der Waals surface area contributed by atoms with Gasteiger partial charge in [-0.2, -0.15) is 5.26 Å². The molecule has 1 aromatic carbocycles. The molecule has 0 radical (unpaired) electrons. The van der Waals surface area contributed by atoms with Gasteiger partial charge in [0.15, 0.2) is 0 Å². The topological polar surface area (TPSA) is 45.0 Å². The Labute approximate surface area is 125 Å². The SMILES string of the molecule is COc1ccc(C(C#N)NCc2cccs2)cc1Br. The lowest BCUT2D eigenvalue weighted by Crippen LogP contribution is -2.18. The Hall–Kier alpha value is -1.35. The van der Waals surface area contributed by atoms with E-state index in [9.17, 15) is 5.26 Å². The summed E-state index contributed by atoms with van der Waals surface area (Å²) in [4.78, 5) is 1.22. The molecule has 0 bridgehead atoms. The predicted molar refractivity (Wildman–Crippen MR) is 80.2 cm³/mol. The highest BCUT2D eigenvalue weighted by Crippen LogP contribution is 2.28. The summed E-state index contributed by atoms with van der Waals surface area (Å²) in [5, 5.41) is 14.5. The van der Waals surface area contributed by atoms with E-state index in [0.29, 0.717) is 6.54 Å². The maximum absolute atomic E-state index is 9.27. The van der Waals surface area contributed by atoms with Crippen molar-refractivity contribution in [3.63, 3.8) is 0 Å². The van der Waals surface area contributed by atoms with Gasteiger partial charge in [0.2, 0.25) is 0 Å². The van der Waals surface area contributed by atoms with E-state index in [2.05, 4.69) is 33.4 Å². The molecule has 1 unspecified atom stereocenters. The highest BCUT2D eigenvalue weighted by Gasteiger charge is 2.12. The van der Waals surface area contributed by atoms with Gasteiger partial charge in [-0.3, -0.25) is 5.32 Å². The Morgan fingerprint density at radius 3 is 2.89 bits per heavy atom. The Bertz CT molecular complexity index is 578. The van der Waals surface area contributed by atoms with Crippen LogP contribution in [0, 0.1) is 11.3 Å². The van der Waals surface area contributed by atoms with E-state index < -0.39 is 0 Å². The molecule has 1 atom stereocenters. The molecule has 2 aromatic rings. The number of methoxy groups -OCH3 is 1. The first-order chi connectivity index (χ1) is 9.24. The van der Waals surface area contributed by atoms with Gasteiger partial charge in [0.25, 0.3) is 0 Å². The number of nitrogens with one attached hydrogen (secondary N) is 1. The van der Waals surface area contributed by atoms with Gasteiger partial charge in [-0.05, 0) is 45.1 Å². The standard InChI is InChI=1S/C14H13BrN2OS/c1-18-14-5-4-10(7-12(14)15)13(8-16)17-9-11-3-2-6-19-11/h2-7,13,17H,9H2,1H3. The van der Waals surface area contributed by atoms with Crippen molar-refractivity contribution in [3.8, 4) is 11.8 Å². The maximum Gasteiger partial charge on any atom is 0.133 e. The van der Waals surface area contributed by atoms with Crippen LogP contribution in [0.15, 0.2) is 40.2 Å². The van der Waals surface area contributed by atoms with Crippen LogP contribution in [0.25, 0.3) is 0 Å². The fraction of sp³-hybridized carbons (Fsp3) is 0.214. The molecule has 0 amide bonds. The molecule has 0 aliphatic heterocycles. The third kappa shape index (κ3) is 3.57. The van der Waals surface area contributed by atoms with Crippen molar-refractivity contribution < 1.29 is 4.74 Å². The molecular formula is C14H13BrN2OS. The van der Waals surface area contributed by atoms with Crippen molar-refractivity contribution in [2.24, 2.45) is 0 Å². The summed E-state index contributed by atoms with van der Waals surface area (Å²) in [5.41, 5.74) is 0.923. The van der Waals surface area contributed by atoms with E-state index in [1.807, 2.05) is 29.6 Å². The van der Waals surface area contributed by atoms with Gasteiger partial charge in [0.1, 0.15) is 11.8 Å². The second-order valence-electron chi connectivity index (χ2n) is 3.92. The van der Waals surface area contributed by atoms with Crippen LogP contribution in [0.5, 0.6) is 5.75 Å². The molecule has 1 heterocycles. The highest BCUT2D eigenvalue weighted by molar-refractivity contribution is 9.10. The van der Waals surface area contributed by atoms with Crippen molar-refractivity contribution in [3.05, 3.63) is 50.6 Å². The van der Waals surface area contributed by atoms with Crippen LogP contribution in [-0.2, 0) is 6.54 Å². The van der Waals surface area contributed by atoms with Crippen molar-refractivity contribution in [2.75, 3.05) is 7.11 Å². The van der Waals surface area contributed by atoms with E-state index >= 15 is 0 Å². The number of nitriles is 1. The van der Waals surface area contributed by atoms with E-state index in [1.54, 1.807) is 18.4 Å². The molecule has 1 aromatic heterocycles. The normalized spacial score (nSPS) is 11.8. The van der Waals surface area contributed by atoms with Gasteiger partial charge >= 0.3 is 0 Å². The third-order valence-corrected chi connectivity index (χ3v) is 4.19. The lowest BCUT2D eigenvalue weighted by Gasteiger charge is -2.12. The molecule has 0 aliphatic rings. The number of rotatable bonds is 5. The molecule has 5 heteroatoms. The van der Waals surface area contributed by atoms with Gasteiger partial charge in [0, 0.05) is 11.4 Å². The zero-order chi connectivity index (χ0) is 13.7. The summed E-state index contributed by atoms with van der Waals surface area (Å²) in [5.74, 6) is 0.763. The summed E-state index contributed by atoms with van der Waals surface area (Å²) in [6, 6.07) is 11.7. The van der Waals surface area contributed by atoms with Gasteiger partial charge in [-0.15, -0.1) is 11.3 Å². The summed E-state index contributed by atoms with van der Waals surface area (Å²) in [6.45, 7) is 0.694. The van der Waals surface area contributed by atoms with E-state index in [-0.39, 0.29) is 6.04 Å². The van der Waals surface area contributed by atoms with Gasteiger partial charge in [0.05, 0.1) is 17.7 Å². The van der Waals surface area contributed by atoms with Crippen LogP contribution in [0.1, 0.15) is 16.5 Å². The predicted octanol–water partition coefficient (Wildman–Crippen LogP) is 3.87. The smallest absolute Gasteiger partial charge is 0.133 e. The van der Waals surface area contributed by atoms with Crippen LogP contribution >= 0.6 is 27.3 Å². The molecule has 0 saturated heterocycles. The number of halogens is 1. The molecule has 0 aliphatic carbocycles. The van der Waals surface area contributed by atoms with E-state index in [4.69, 9.17) is 4.74 Å². The first kappa shape index (κ1) is 14.1. The quantitative estimate of drug-likeness (QED) is 0.901. The summed E-state index contributed by atoms with van der Waals surface area (Å²) in [6.07, 6.45) is 0. The molecule has 3 nitrogen and oxygen atoms in total.